The summed E-state index contributed by atoms with van der Waals surface area (Å²) in [5.74, 6) is -0.391. The van der Waals surface area contributed by atoms with Crippen LogP contribution in [0.2, 0.25) is 5.15 Å². The fraction of sp³-hybridized carbons (Fsp3) is 0.300. The first-order valence-electron chi connectivity index (χ1n) is 4.68. The number of halogens is 1. The van der Waals surface area contributed by atoms with Crippen molar-refractivity contribution in [1.82, 2.24) is 9.88 Å². The molecule has 0 aliphatic carbocycles. The number of fused-ring (bicyclic) bond motifs is 1. The largest absolute Gasteiger partial charge is 0.452 e. The van der Waals surface area contributed by atoms with Gasteiger partial charge in [-0.2, -0.15) is 0 Å². The molecular formula is C10H9ClN2O3. The third kappa shape index (κ3) is 1.74. The molecule has 0 fully saturated rings. The van der Waals surface area contributed by atoms with Crippen LogP contribution < -0.4 is 0 Å². The summed E-state index contributed by atoms with van der Waals surface area (Å²) in [6, 6.07) is 3.10. The number of hydrogen-bond donors (Lipinski definition) is 0. The van der Waals surface area contributed by atoms with Gasteiger partial charge in [0.2, 0.25) is 0 Å². The van der Waals surface area contributed by atoms with Crippen molar-refractivity contribution >= 4 is 23.6 Å². The molecule has 0 N–H and O–H groups in total. The van der Waals surface area contributed by atoms with Crippen LogP contribution in [0.25, 0.3) is 0 Å². The van der Waals surface area contributed by atoms with Crippen LogP contribution in [-0.2, 0) is 11.2 Å². The fourth-order valence-corrected chi connectivity index (χ4v) is 1.77. The van der Waals surface area contributed by atoms with Crippen molar-refractivity contribution < 1.29 is 14.3 Å². The molecule has 0 aromatic carbocycles. The molecule has 0 atom stereocenters. The Kier molecular flexibility index (Phi) is 2.78. The second-order valence-electron chi connectivity index (χ2n) is 3.31. The Labute approximate surface area is 97.0 Å². The minimum absolute atomic E-state index is 0.270. The highest BCUT2D eigenvalue weighted by atomic mass is 35.5. The van der Waals surface area contributed by atoms with Crippen LogP contribution in [0.5, 0.6) is 0 Å². The van der Waals surface area contributed by atoms with Gasteiger partial charge in [-0.05, 0) is 12.1 Å². The molecule has 2 heterocycles. The SMILES string of the molecule is COC(=O)N1CCc2nc(Cl)ccc2C1=O. The van der Waals surface area contributed by atoms with Gasteiger partial charge >= 0.3 is 6.09 Å². The molecule has 1 aromatic heterocycles. The molecule has 16 heavy (non-hydrogen) atoms. The Morgan fingerprint density at radius 1 is 1.56 bits per heavy atom. The normalized spacial score (nSPS) is 14.6. The summed E-state index contributed by atoms with van der Waals surface area (Å²) in [5, 5.41) is 0.345. The predicted molar refractivity (Wildman–Crippen MR) is 56.4 cm³/mol. The van der Waals surface area contributed by atoms with Crippen LogP contribution in [0.3, 0.4) is 0 Å². The van der Waals surface area contributed by atoms with E-state index in [9.17, 15) is 9.59 Å². The van der Waals surface area contributed by atoms with E-state index < -0.39 is 12.0 Å². The van der Waals surface area contributed by atoms with Crippen molar-refractivity contribution in [2.75, 3.05) is 13.7 Å². The maximum absolute atomic E-state index is 11.9. The zero-order chi connectivity index (χ0) is 11.7. The first-order valence-corrected chi connectivity index (χ1v) is 5.06. The molecule has 0 spiro atoms. The molecule has 1 aromatic rings. The molecule has 0 saturated carbocycles. The predicted octanol–water partition coefficient (Wildman–Crippen LogP) is 1.50. The van der Waals surface area contributed by atoms with E-state index in [1.807, 2.05) is 0 Å². The summed E-state index contributed by atoms with van der Waals surface area (Å²) >= 11 is 5.72. The second-order valence-corrected chi connectivity index (χ2v) is 3.69. The van der Waals surface area contributed by atoms with E-state index in [1.165, 1.54) is 13.2 Å². The van der Waals surface area contributed by atoms with Gasteiger partial charge in [0.1, 0.15) is 5.15 Å². The van der Waals surface area contributed by atoms with Gasteiger partial charge in [-0.25, -0.2) is 14.7 Å². The zero-order valence-electron chi connectivity index (χ0n) is 8.57. The third-order valence-corrected chi connectivity index (χ3v) is 2.59. The standard InChI is InChI=1S/C10H9ClN2O3/c1-16-10(15)13-5-4-7-6(9(13)14)2-3-8(11)12-7/h2-3H,4-5H2,1H3. The highest BCUT2D eigenvalue weighted by molar-refractivity contribution is 6.29. The van der Waals surface area contributed by atoms with Gasteiger partial charge in [0, 0.05) is 13.0 Å². The van der Waals surface area contributed by atoms with Crippen molar-refractivity contribution in [1.29, 1.82) is 0 Å². The molecule has 0 unspecified atom stereocenters. The number of pyridine rings is 1. The lowest BCUT2D eigenvalue weighted by molar-refractivity contribution is 0.0690. The summed E-state index contributed by atoms with van der Waals surface area (Å²) in [6.45, 7) is 0.270. The van der Waals surface area contributed by atoms with Crippen molar-refractivity contribution in [2.45, 2.75) is 6.42 Å². The van der Waals surface area contributed by atoms with E-state index in [0.29, 0.717) is 22.8 Å². The number of carbonyl (C=O) groups is 2. The molecule has 1 aliphatic heterocycles. The number of imide groups is 1. The summed E-state index contributed by atoms with van der Waals surface area (Å²) < 4.78 is 4.52. The van der Waals surface area contributed by atoms with E-state index in [1.54, 1.807) is 6.07 Å². The third-order valence-electron chi connectivity index (χ3n) is 2.38. The number of methoxy groups -OCH3 is 1. The quantitative estimate of drug-likeness (QED) is 0.645. The molecule has 0 bridgehead atoms. The Bertz CT molecular complexity index is 461. The Balaban J connectivity index is 2.36. The van der Waals surface area contributed by atoms with Gasteiger partial charge in [0.25, 0.3) is 5.91 Å². The van der Waals surface area contributed by atoms with Gasteiger partial charge in [-0.3, -0.25) is 4.79 Å². The molecule has 0 radical (unpaired) electrons. The number of amides is 2. The maximum atomic E-state index is 11.9. The van der Waals surface area contributed by atoms with Crippen LogP contribution in [0.15, 0.2) is 12.1 Å². The van der Waals surface area contributed by atoms with E-state index >= 15 is 0 Å². The first-order chi connectivity index (χ1) is 7.63. The van der Waals surface area contributed by atoms with E-state index in [4.69, 9.17) is 11.6 Å². The van der Waals surface area contributed by atoms with Crippen molar-refractivity contribution in [3.8, 4) is 0 Å². The number of nitrogens with zero attached hydrogens (tertiary/aromatic N) is 2. The van der Waals surface area contributed by atoms with Gasteiger partial charge in [-0.1, -0.05) is 11.6 Å². The van der Waals surface area contributed by atoms with Gasteiger partial charge < -0.3 is 4.74 Å². The molecular weight excluding hydrogens is 232 g/mol. The second kappa shape index (κ2) is 4.09. The average molecular weight is 241 g/mol. The fourth-order valence-electron chi connectivity index (χ4n) is 1.61. The van der Waals surface area contributed by atoms with Gasteiger partial charge in [0.05, 0.1) is 18.4 Å². The van der Waals surface area contributed by atoms with E-state index in [0.717, 1.165) is 4.90 Å². The Morgan fingerprint density at radius 3 is 3.00 bits per heavy atom. The minimum atomic E-state index is -0.648. The van der Waals surface area contributed by atoms with Crippen LogP contribution in [0, 0.1) is 0 Å². The van der Waals surface area contributed by atoms with Crippen LogP contribution in [0.1, 0.15) is 16.1 Å². The van der Waals surface area contributed by atoms with Crippen LogP contribution in [-0.4, -0.2) is 35.5 Å². The lowest BCUT2D eigenvalue weighted by Crippen LogP contribution is -2.42. The minimum Gasteiger partial charge on any atom is -0.452 e. The molecule has 5 nitrogen and oxygen atoms in total. The van der Waals surface area contributed by atoms with Gasteiger partial charge in [0.15, 0.2) is 0 Å². The van der Waals surface area contributed by atoms with Crippen molar-refractivity contribution in [3.05, 3.63) is 28.5 Å². The summed E-state index contributed by atoms with van der Waals surface area (Å²) in [6.07, 6.45) is -0.151. The van der Waals surface area contributed by atoms with Crippen LogP contribution >= 0.6 is 11.6 Å². The molecule has 2 amide bonds. The molecule has 2 rings (SSSR count). The maximum Gasteiger partial charge on any atom is 0.416 e. The number of rotatable bonds is 0. The number of ether oxygens (including phenoxy) is 1. The Morgan fingerprint density at radius 2 is 2.31 bits per heavy atom. The lowest BCUT2D eigenvalue weighted by Gasteiger charge is -2.24. The van der Waals surface area contributed by atoms with Crippen molar-refractivity contribution in [2.24, 2.45) is 0 Å². The lowest BCUT2D eigenvalue weighted by atomic mass is 10.1. The molecule has 84 valence electrons. The molecule has 0 saturated heterocycles. The number of aromatic nitrogens is 1. The highest BCUT2D eigenvalue weighted by Crippen LogP contribution is 2.19. The smallest absolute Gasteiger partial charge is 0.416 e. The van der Waals surface area contributed by atoms with E-state index in [2.05, 4.69) is 9.72 Å². The highest BCUT2D eigenvalue weighted by Gasteiger charge is 2.30. The topological polar surface area (TPSA) is 59.5 Å². The summed E-state index contributed by atoms with van der Waals surface area (Å²) in [4.78, 5) is 28.3. The first kappa shape index (κ1) is 10.9. The number of carbonyl (C=O) groups excluding carboxylic acids is 2. The average Bonchev–Trinajstić information content (AvgIpc) is 2.28. The molecule has 6 heteroatoms. The number of hydrogen-bond acceptors (Lipinski definition) is 4. The van der Waals surface area contributed by atoms with E-state index in [-0.39, 0.29) is 6.54 Å². The Hall–Kier alpha value is -1.62. The van der Waals surface area contributed by atoms with Gasteiger partial charge in [-0.15, -0.1) is 0 Å². The zero-order valence-corrected chi connectivity index (χ0v) is 9.32. The van der Waals surface area contributed by atoms with Crippen LogP contribution in [0.4, 0.5) is 4.79 Å². The van der Waals surface area contributed by atoms with Crippen molar-refractivity contribution in [3.63, 3.8) is 0 Å². The summed E-state index contributed by atoms with van der Waals surface area (Å²) in [7, 11) is 1.24. The molecule has 1 aliphatic rings. The summed E-state index contributed by atoms with van der Waals surface area (Å²) in [5.41, 5.74) is 1.03. The monoisotopic (exact) mass is 240 g/mol.